The molecule has 3 rings (SSSR count). The zero-order valence-electron chi connectivity index (χ0n) is 18.5. The second kappa shape index (κ2) is 9.67. The maximum Gasteiger partial charge on any atom is 0.413 e. The molecule has 0 aliphatic rings. The maximum atomic E-state index is 12.5. The molecule has 2 N–H and O–H groups in total. The summed E-state index contributed by atoms with van der Waals surface area (Å²) < 4.78 is 6.82. The van der Waals surface area contributed by atoms with Crippen LogP contribution in [0.4, 0.5) is 16.3 Å². The fraction of sp³-hybridized carbons (Fsp3) is 0.273. The second-order valence-corrected chi connectivity index (χ2v) is 8.13. The number of nitrogens with zero attached hydrogens (tertiary/aromatic N) is 5. The van der Waals surface area contributed by atoms with E-state index < -0.39 is 23.5 Å². The molecule has 0 saturated carbocycles. The van der Waals surface area contributed by atoms with Crippen molar-refractivity contribution >= 4 is 35.1 Å². The first-order valence-electron chi connectivity index (χ1n) is 9.93. The number of ether oxygens (including phenoxy) is 1. The number of halogens is 1. The predicted octanol–water partition coefficient (Wildman–Crippen LogP) is 4.33. The van der Waals surface area contributed by atoms with E-state index >= 15 is 0 Å². The van der Waals surface area contributed by atoms with Gasteiger partial charge in [0.2, 0.25) is 5.91 Å². The standard InChI is InChI=1S/C22H22ClN7O3/c1-13(15-7-5-6-8-16(15)23)33-21(32)27-19-18(28-29-30(19)4)17-10-9-14(11-25-17)26-20(31)22(2,3)12-24/h5-11,13H,1-4H3,(H,26,31)(H,27,32)/t13-/m1/s1. The topological polar surface area (TPSA) is 135 Å². The minimum absolute atomic E-state index is 0.279. The number of amides is 2. The number of carbonyl (C=O) groups excluding carboxylic acids is 2. The van der Waals surface area contributed by atoms with Crippen molar-refractivity contribution in [3.05, 3.63) is 53.2 Å². The number of aryl methyl sites for hydroxylation is 1. The summed E-state index contributed by atoms with van der Waals surface area (Å²) in [7, 11) is 1.61. The van der Waals surface area contributed by atoms with Crippen LogP contribution in [0, 0.1) is 16.7 Å². The Balaban J connectivity index is 1.73. The van der Waals surface area contributed by atoms with Crippen LogP contribution in [0.15, 0.2) is 42.6 Å². The van der Waals surface area contributed by atoms with Gasteiger partial charge in [0.25, 0.3) is 0 Å². The van der Waals surface area contributed by atoms with Crippen LogP contribution >= 0.6 is 11.6 Å². The van der Waals surface area contributed by atoms with Crippen LogP contribution in [0.1, 0.15) is 32.4 Å². The van der Waals surface area contributed by atoms with Crippen molar-refractivity contribution in [3.63, 3.8) is 0 Å². The fourth-order valence-corrected chi connectivity index (χ4v) is 3.06. The van der Waals surface area contributed by atoms with Crippen molar-refractivity contribution in [2.45, 2.75) is 26.9 Å². The Hall–Kier alpha value is -3.97. The number of pyridine rings is 1. The number of carbonyl (C=O) groups is 2. The van der Waals surface area contributed by atoms with Gasteiger partial charge in [0.05, 0.1) is 23.6 Å². The number of hydrogen-bond acceptors (Lipinski definition) is 7. The lowest BCUT2D eigenvalue weighted by molar-refractivity contribution is -0.121. The van der Waals surface area contributed by atoms with Crippen LogP contribution < -0.4 is 10.6 Å². The summed E-state index contributed by atoms with van der Waals surface area (Å²) in [5.74, 6) is -0.168. The Morgan fingerprint density at radius 3 is 2.58 bits per heavy atom. The minimum Gasteiger partial charge on any atom is -0.441 e. The van der Waals surface area contributed by atoms with Gasteiger partial charge >= 0.3 is 6.09 Å². The molecule has 0 fully saturated rings. The van der Waals surface area contributed by atoms with Crippen LogP contribution in [0.2, 0.25) is 5.02 Å². The molecule has 0 radical (unpaired) electrons. The van der Waals surface area contributed by atoms with Crippen LogP contribution in [0.3, 0.4) is 0 Å². The van der Waals surface area contributed by atoms with E-state index in [1.807, 2.05) is 6.07 Å². The van der Waals surface area contributed by atoms with Crippen molar-refractivity contribution in [2.24, 2.45) is 12.5 Å². The van der Waals surface area contributed by atoms with Crippen molar-refractivity contribution in [1.29, 1.82) is 5.26 Å². The second-order valence-electron chi connectivity index (χ2n) is 7.73. The smallest absolute Gasteiger partial charge is 0.413 e. The van der Waals surface area contributed by atoms with E-state index in [4.69, 9.17) is 21.6 Å². The first-order chi connectivity index (χ1) is 15.6. The lowest BCUT2D eigenvalue weighted by Gasteiger charge is -2.16. The van der Waals surface area contributed by atoms with E-state index in [2.05, 4.69) is 25.9 Å². The SMILES string of the molecule is C[C@@H](OC(=O)Nc1c(-c2ccc(NC(=O)C(C)(C)C#N)cn2)nnn1C)c1ccccc1Cl. The molecule has 1 atom stereocenters. The van der Waals surface area contributed by atoms with Crippen LogP contribution in [-0.4, -0.2) is 32.0 Å². The first kappa shape index (κ1) is 23.7. The molecular formula is C22H22ClN7O3. The molecular weight excluding hydrogens is 446 g/mol. The monoisotopic (exact) mass is 467 g/mol. The average Bonchev–Trinajstić information content (AvgIpc) is 3.14. The highest BCUT2D eigenvalue weighted by Crippen LogP contribution is 2.27. The van der Waals surface area contributed by atoms with Crippen molar-refractivity contribution in [2.75, 3.05) is 10.6 Å². The summed E-state index contributed by atoms with van der Waals surface area (Å²) in [5, 5.41) is 22.9. The Bertz CT molecular complexity index is 1220. The first-order valence-corrected chi connectivity index (χ1v) is 10.3. The van der Waals surface area contributed by atoms with Crippen molar-refractivity contribution in [1.82, 2.24) is 20.0 Å². The lowest BCUT2D eigenvalue weighted by atomic mass is 9.95. The van der Waals surface area contributed by atoms with Crippen molar-refractivity contribution in [3.8, 4) is 17.5 Å². The van der Waals surface area contributed by atoms with Gasteiger partial charge in [0.1, 0.15) is 11.5 Å². The van der Waals surface area contributed by atoms with E-state index in [0.717, 1.165) is 0 Å². The largest absolute Gasteiger partial charge is 0.441 e. The van der Waals surface area contributed by atoms with Gasteiger partial charge in [-0.2, -0.15) is 5.26 Å². The molecule has 2 heterocycles. The number of nitrogens with one attached hydrogen (secondary N) is 2. The molecule has 2 amide bonds. The Morgan fingerprint density at radius 2 is 1.94 bits per heavy atom. The van der Waals surface area contributed by atoms with E-state index in [-0.39, 0.29) is 5.82 Å². The highest BCUT2D eigenvalue weighted by molar-refractivity contribution is 6.31. The van der Waals surface area contributed by atoms with E-state index in [9.17, 15) is 9.59 Å². The Morgan fingerprint density at radius 1 is 1.21 bits per heavy atom. The van der Waals surface area contributed by atoms with Gasteiger partial charge in [-0.15, -0.1) is 5.10 Å². The molecule has 0 saturated heterocycles. The number of anilines is 2. The molecule has 2 aromatic heterocycles. The van der Waals surface area contributed by atoms with Gasteiger partial charge in [-0.05, 0) is 39.0 Å². The minimum atomic E-state index is -1.18. The summed E-state index contributed by atoms with van der Waals surface area (Å²) in [6, 6.07) is 12.3. The molecule has 33 heavy (non-hydrogen) atoms. The summed E-state index contributed by atoms with van der Waals surface area (Å²) in [6.07, 6.45) is 0.135. The third-order valence-corrected chi connectivity index (χ3v) is 5.13. The van der Waals surface area contributed by atoms with Gasteiger partial charge in [0, 0.05) is 17.6 Å². The molecule has 0 bridgehead atoms. The zero-order chi connectivity index (χ0) is 24.2. The molecule has 3 aromatic rings. The third kappa shape index (κ3) is 5.45. The molecule has 0 aliphatic carbocycles. The zero-order valence-corrected chi connectivity index (χ0v) is 19.2. The van der Waals surface area contributed by atoms with Gasteiger partial charge in [0.15, 0.2) is 11.5 Å². The van der Waals surface area contributed by atoms with E-state index in [1.54, 1.807) is 50.4 Å². The number of rotatable bonds is 6. The molecule has 170 valence electrons. The summed E-state index contributed by atoms with van der Waals surface area (Å²) in [4.78, 5) is 28.9. The summed E-state index contributed by atoms with van der Waals surface area (Å²) >= 11 is 6.17. The Labute approximate surface area is 195 Å². The quantitative estimate of drug-likeness (QED) is 0.550. The number of aromatic nitrogens is 4. The number of hydrogen-bond donors (Lipinski definition) is 2. The molecule has 0 aliphatic heterocycles. The summed E-state index contributed by atoms with van der Waals surface area (Å²) in [5.41, 5.74) is 0.641. The van der Waals surface area contributed by atoms with Gasteiger partial charge in [-0.3, -0.25) is 15.1 Å². The van der Waals surface area contributed by atoms with Gasteiger partial charge in [-0.25, -0.2) is 9.48 Å². The molecule has 0 unspecified atom stereocenters. The molecule has 1 aromatic carbocycles. The third-order valence-electron chi connectivity index (χ3n) is 4.79. The fourth-order valence-electron chi connectivity index (χ4n) is 2.77. The van der Waals surface area contributed by atoms with Crippen LogP contribution in [0.5, 0.6) is 0 Å². The van der Waals surface area contributed by atoms with E-state index in [1.165, 1.54) is 24.7 Å². The maximum absolute atomic E-state index is 12.5. The Kier molecular flexibility index (Phi) is 6.94. The molecule has 11 heteroatoms. The van der Waals surface area contributed by atoms with Crippen LogP contribution in [0.25, 0.3) is 11.4 Å². The van der Waals surface area contributed by atoms with Crippen molar-refractivity contribution < 1.29 is 14.3 Å². The highest BCUT2D eigenvalue weighted by Gasteiger charge is 2.27. The number of nitriles is 1. The van der Waals surface area contributed by atoms with E-state index in [0.29, 0.717) is 27.7 Å². The molecule has 10 nitrogen and oxygen atoms in total. The molecule has 0 spiro atoms. The normalized spacial score (nSPS) is 11.9. The predicted molar refractivity (Wildman–Crippen MR) is 122 cm³/mol. The van der Waals surface area contributed by atoms with Gasteiger partial charge < -0.3 is 10.1 Å². The summed E-state index contributed by atoms with van der Waals surface area (Å²) in [6.45, 7) is 4.76. The lowest BCUT2D eigenvalue weighted by Crippen LogP contribution is -2.29. The highest BCUT2D eigenvalue weighted by atomic mass is 35.5. The number of benzene rings is 1. The van der Waals surface area contributed by atoms with Gasteiger partial charge in [-0.1, -0.05) is 35.0 Å². The average molecular weight is 468 g/mol. The van der Waals surface area contributed by atoms with Crippen LogP contribution in [-0.2, 0) is 16.6 Å².